The van der Waals surface area contributed by atoms with Gasteiger partial charge in [0.1, 0.15) is 0 Å². The van der Waals surface area contributed by atoms with Crippen LogP contribution in [0.5, 0.6) is 0 Å². The highest BCUT2D eigenvalue weighted by atomic mass is 32.1. The number of rotatable bonds is 6. The summed E-state index contributed by atoms with van der Waals surface area (Å²) in [7, 11) is 0. The van der Waals surface area contributed by atoms with Crippen LogP contribution in [0.1, 0.15) is 41.1 Å². The molecule has 0 aliphatic heterocycles. The van der Waals surface area contributed by atoms with Crippen molar-refractivity contribution in [3.05, 3.63) is 55.6 Å². The van der Waals surface area contributed by atoms with E-state index < -0.39 is 0 Å². The second kappa shape index (κ2) is 7.92. The van der Waals surface area contributed by atoms with Crippen LogP contribution < -0.4 is 16.2 Å². The monoisotopic (exact) mass is 347 g/mol. The van der Waals surface area contributed by atoms with E-state index in [1.54, 1.807) is 0 Å². The van der Waals surface area contributed by atoms with Crippen LogP contribution in [0.2, 0.25) is 0 Å². The number of carbonyl (C=O) groups is 2. The van der Waals surface area contributed by atoms with Crippen molar-refractivity contribution < 1.29 is 9.59 Å². The lowest BCUT2D eigenvalue weighted by Gasteiger charge is -2.16. The third kappa shape index (κ3) is 4.79. The third-order valence-corrected chi connectivity index (χ3v) is 4.60. The third-order valence-electron chi connectivity index (χ3n) is 3.61. The number of amides is 2. The van der Waals surface area contributed by atoms with E-state index in [0.717, 1.165) is 16.1 Å². The van der Waals surface area contributed by atoms with E-state index in [1.165, 1.54) is 18.3 Å². The average Bonchev–Trinajstić information content (AvgIpc) is 2.99. The highest BCUT2D eigenvalue weighted by molar-refractivity contribution is 7.10. The zero-order valence-electron chi connectivity index (χ0n) is 13.9. The topological polar surface area (TPSA) is 91.1 Å². The Morgan fingerprint density at radius 3 is 2.67 bits per heavy atom. The minimum atomic E-state index is -0.361. The molecule has 3 N–H and O–H groups in total. The van der Waals surface area contributed by atoms with Crippen molar-refractivity contribution in [1.82, 2.24) is 15.6 Å². The molecule has 2 heterocycles. The van der Waals surface area contributed by atoms with Gasteiger partial charge in [0.25, 0.3) is 5.56 Å². The maximum Gasteiger partial charge on any atom is 0.253 e. The highest BCUT2D eigenvalue weighted by Crippen LogP contribution is 2.22. The highest BCUT2D eigenvalue weighted by Gasteiger charge is 2.18. The Balaban J connectivity index is 2.01. The second-order valence-electron chi connectivity index (χ2n) is 5.69. The number of aromatic amines is 1. The molecule has 0 saturated carbocycles. The molecule has 1 unspecified atom stereocenters. The van der Waals surface area contributed by atoms with Crippen LogP contribution in [-0.2, 0) is 16.1 Å². The van der Waals surface area contributed by atoms with E-state index >= 15 is 0 Å². The van der Waals surface area contributed by atoms with Gasteiger partial charge in [0.05, 0.1) is 12.5 Å². The Hall–Kier alpha value is -2.41. The molecule has 0 bridgehead atoms. The molecule has 128 valence electrons. The van der Waals surface area contributed by atoms with Gasteiger partial charge in [0, 0.05) is 29.6 Å². The predicted molar refractivity (Wildman–Crippen MR) is 93.9 cm³/mol. The Morgan fingerprint density at radius 2 is 2.08 bits per heavy atom. The predicted octanol–water partition coefficient (Wildman–Crippen LogP) is 1.94. The average molecular weight is 347 g/mol. The summed E-state index contributed by atoms with van der Waals surface area (Å²) in [5.74, 6) is -0.409. The fourth-order valence-corrected chi connectivity index (χ4v) is 3.28. The Labute approximate surface area is 144 Å². The van der Waals surface area contributed by atoms with Crippen LogP contribution in [0.25, 0.3) is 0 Å². The van der Waals surface area contributed by atoms with Crippen molar-refractivity contribution in [2.75, 3.05) is 0 Å². The standard InChI is InChI=1S/C17H21N3O3S/c1-10-7-11(2)19-17(23)13(10)9-18-16(22)8-14(20-12(3)21)15-5-4-6-24-15/h4-7,14H,8-9H2,1-3H3,(H,18,22)(H,19,23)(H,20,21). The van der Waals surface area contributed by atoms with Gasteiger partial charge in [-0.05, 0) is 36.9 Å². The molecule has 0 radical (unpaired) electrons. The fourth-order valence-electron chi connectivity index (χ4n) is 2.50. The Kier molecular flexibility index (Phi) is 5.92. The number of H-pyrrole nitrogens is 1. The zero-order chi connectivity index (χ0) is 17.7. The molecule has 0 spiro atoms. The molecule has 2 amide bonds. The first-order valence-corrected chi connectivity index (χ1v) is 8.51. The Bertz CT molecular complexity index is 781. The molecule has 7 heteroatoms. The maximum absolute atomic E-state index is 12.2. The smallest absolute Gasteiger partial charge is 0.253 e. The number of carbonyl (C=O) groups excluding carboxylic acids is 2. The zero-order valence-corrected chi connectivity index (χ0v) is 14.8. The van der Waals surface area contributed by atoms with Crippen LogP contribution in [0, 0.1) is 13.8 Å². The summed E-state index contributed by atoms with van der Waals surface area (Å²) >= 11 is 1.49. The molecule has 1 atom stereocenters. The van der Waals surface area contributed by atoms with Crippen molar-refractivity contribution in [3.8, 4) is 0 Å². The van der Waals surface area contributed by atoms with Crippen molar-refractivity contribution >= 4 is 23.2 Å². The summed E-state index contributed by atoms with van der Waals surface area (Å²) in [6.45, 7) is 5.25. The van der Waals surface area contributed by atoms with E-state index in [4.69, 9.17) is 0 Å². The van der Waals surface area contributed by atoms with Gasteiger partial charge < -0.3 is 15.6 Å². The lowest BCUT2D eigenvalue weighted by molar-refractivity contribution is -0.122. The van der Waals surface area contributed by atoms with Gasteiger partial charge in [0.2, 0.25) is 11.8 Å². The Morgan fingerprint density at radius 1 is 1.33 bits per heavy atom. The van der Waals surface area contributed by atoms with Crippen molar-refractivity contribution in [2.24, 2.45) is 0 Å². The van der Waals surface area contributed by atoms with E-state index in [1.807, 2.05) is 37.4 Å². The number of hydrogen-bond acceptors (Lipinski definition) is 4. The van der Waals surface area contributed by atoms with Crippen LogP contribution >= 0.6 is 11.3 Å². The van der Waals surface area contributed by atoms with Crippen LogP contribution in [-0.4, -0.2) is 16.8 Å². The van der Waals surface area contributed by atoms with Crippen LogP contribution in [0.4, 0.5) is 0 Å². The van der Waals surface area contributed by atoms with Gasteiger partial charge in [-0.3, -0.25) is 14.4 Å². The lowest BCUT2D eigenvalue weighted by atomic mass is 10.1. The molecular weight excluding hydrogens is 326 g/mol. The minimum Gasteiger partial charge on any atom is -0.352 e. The summed E-state index contributed by atoms with van der Waals surface area (Å²) in [6, 6.07) is 5.27. The van der Waals surface area contributed by atoms with E-state index in [0.29, 0.717) is 5.56 Å². The number of aryl methyl sites for hydroxylation is 2. The summed E-state index contributed by atoms with van der Waals surface area (Å²) in [5, 5.41) is 7.44. The van der Waals surface area contributed by atoms with Gasteiger partial charge >= 0.3 is 0 Å². The molecule has 24 heavy (non-hydrogen) atoms. The molecule has 6 nitrogen and oxygen atoms in total. The SMILES string of the molecule is CC(=O)NC(CC(=O)NCc1c(C)cc(C)[nH]c1=O)c1cccs1. The summed E-state index contributed by atoms with van der Waals surface area (Å²) in [6.07, 6.45) is 0.128. The van der Waals surface area contributed by atoms with Crippen LogP contribution in [0.15, 0.2) is 28.4 Å². The summed E-state index contributed by atoms with van der Waals surface area (Å²) in [4.78, 5) is 39.2. The molecule has 0 saturated heterocycles. The van der Waals surface area contributed by atoms with E-state index in [9.17, 15) is 14.4 Å². The van der Waals surface area contributed by atoms with Gasteiger partial charge in [-0.1, -0.05) is 6.07 Å². The molecule has 2 aromatic heterocycles. The van der Waals surface area contributed by atoms with Crippen molar-refractivity contribution in [2.45, 2.75) is 39.8 Å². The van der Waals surface area contributed by atoms with Crippen LogP contribution in [0.3, 0.4) is 0 Å². The summed E-state index contributed by atoms with van der Waals surface area (Å²) < 4.78 is 0. The fraction of sp³-hybridized carbons (Fsp3) is 0.353. The van der Waals surface area contributed by atoms with Gasteiger partial charge in [0.15, 0.2) is 0 Å². The second-order valence-corrected chi connectivity index (χ2v) is 6.67. The molecule has 2 aromatic rings. The number of hydrogen-bond donors (Lipinski definition) is 3. The minimum absolute atomic E-state index is 0.128. The molecule has 0 fully saturated rings. The lowest BCUT2D eigenvalue weighted by Crippen LogP contribution is -2.33. The summed E-state index contributed by atoms with van der Waals surface area (Å²) in [5.41, 5.74) is 1.98. The van der Waals surface area contributed by atoms with Gasteiger partial charge in [-0.15, -0.1) is 11.3 Å². The largest absolute Gasteiger partial charge is 0.352 e. The number of thiophene rings is 1. The van der Waals surface area contributed by atoms with Gasteiger partial charge in [-0.25, -0.2) is 0 Å². The quantitative estimate of drug-likeness (QED) is 0.746. The maximum atomic E-state index is 12.2. The van der Waals surface area contributed by atoms with Gasteiger partial charge in [-0.2, -0.15) is 0 Å². The number of pyridine rings is 1. The van der Waals surface area contributed by atoms with Crippen molar-refractivity contribution in [3.63, 3.8) is 0 Å². The first kappa shape index (κ1) is 17.9. The number of nitrogens with one attached hydrogen (secondary N) is 3. The molecule has 0 aliphatic carbocycles. The molecule has 2 rings (SSSR count). The number of aromatic nitrogens is 1. The molecule has 0 aliphatic rings. The molecule has 0 aromatic carbocycles. The first-order chi connectivity index (χ1) is 11.4. The molecular formula is C17H21N3O3S. The van der Waals surface area contributed by atoms with E-state index in [2.05, 4.69) is 15.6 Å². The first-order valence-electron chi connectivity index (χ1n) is 7.63. The van der Waals surface area contributed by atoms with E-state index in [-0.39, 0.29) is 36.4 Å². The van der Waals surface area contributed by atoms with Crippen molar-refractivity contribution in [1.29, 1.82) is 0 Å². The normalized spacial score (nSPS) is 11.8.